The number of rotatable bonds is 12. The van der Waals surface area contributed by atoms with Gasteiger partial charge in [-0.3, -0.25) is 9.59 Å². The van der Waals surface area contributed by atoms with E-state index in [0.717, 1.165) is 0 Å². The van der Waals surface area contributed by atoms with Crippen molar-refractivity contribution in [3.05, 3.63) is 131 Å². The Morgan fingerprint density at radius 2 is 1.10 bits per heavy atom. The lowest BCUT2D eigenvalue weighted by molar-refractivity contribution is -0.107. The summed E-state index contributed by atoms with van der Waals surface area (Å²) < 4.78 is 53.5. The van der Waals surface area contributed by atoms with Crippen molar-refractivity contribution in [2.75, 3.05) is 0 Å². The van der Waals surface area contributed by atoms with Crippen LogP contribution in [0.3, 0.4) is 0 Å². The summed E-state index contributed by atoms with van der Waals surface area (Å²) in [5.74, 6) is -1.45. The summed E-state index contributed by atoms with van der Waals surface area (Å²) in [6, 6.07) is 27.5. The van der Waals surface area contributed by atoms with E-state index in [9.17, 15) is 31.2 Å². The van der Waals surface area contributed by atoms with E-state index in [1.54, 1.807) is 60.7 Å². The van der Waals surface area contributed by atoms with Crippen LogP contribution in [0.4, 0.5) is 0 Å². The third-order valence-corrected chi connectivity index (χ3v) is 10.6. The molecule has 0 aliphatic heterocycles. The number of primary amides is 1. The van der Waals surface area contributed by atoms with Crippen LogP contribution in [0.15, 0.2) is 119 Å². The first kappa shape index (κ1) is 30.4. The van der Waals surface area contributed by atoms with E-state index in [2.05, 4.69) is 5.32 Å². The lowest BCUT2D eigenvalue weighted by Crippen LogP contribution is -2.42. The summed E-state index contributed by atoms with van der Waals surface area (Å²) in [5.41, 5.74) is 6.76. The molecule has 0 aromatic heterocycles. The van der Waals surface area contributed by atoms with Crippen LogP contribution in [0.5, 0.6) is 0 Å². The fourth-order valence-corrected chi connectivity index (χ4v) is 7.26. The lowest BCUT2D eigenvalue weighted by Gasteiger charge is -2.20. The first-order valence-corrected chi connectivity index (χ1v) is 15.9. The van der Waals surface area contributed by atoms with E-state index in [-0.39, 0.29) is 33.8 Å². The Kier molecular flexibility index (Phi) is 9.34. The second-order valence-corrected chi connectivity index (χ2v) is 13.8. The normalized spacial score (nSPS) is 13.0. The zero-order valence-corrected chi connectivity index (χ0v) is 23.9. The molecule has 0 aliphatic carbocycles. The van der Waals surface area contributed by atoms with Crippen molar-refractivity contribution < 1.29 is 31.2 Å². The molecule has 2 atom stereocenters. The van der Waals surface area contributed by atoms with Gasteiger partial charge in [-0.2, -0.15) is 0 Å². The van der Waals surface area contributed by atoms with Crippen LogP contribution in [0.1, 0.15) is 31.8 Å². The summed E-state index contributed by atoms with van der Waals surface area (Å²) in [6.45, 7) is 0. The number of carbonyl (C=O) groups is 3. The number of hydrogen-bond donors (Lipinski definition) is 2. The second kappa shape index (κ2) is 12.9. The highest BCUT2D eigenvalue weighted by molar-refractivity contribution is 7.92. The van der Waals surface area contributed by atoms with Crippen molar-refractivity contribution in [3.8, 4) is 0 Å². The van der Waals surface area contributed by atoms with Gasteiger partial charge in [0.25, 0.3) is 5.91 Å². The zero-order chi connectivity index (χ0) is 30.3. The van der Waals surface area contributed by atoms with Gasteiger partial charge in [-0.05, 0) is 66.1 Å². The van der Waals surface area contributed by atoms with Crippen LogP contribution in [-0.4, -0.2) is 45.6 Å². The van der Waals surface area contributed by atoms with Gasteiger partial charge < -0.3 is 15.8 Å². The highest BCUT2D eigenvalue weighted by Gasteiger charge is 2.31. The fraction of sp³-hybridized carbons (Fsp3) is 0.129. The Morgan fingerprint density at radius 3 is 1.57 bits per heavy atom. The summed E-state index contributed by atoms with van der Waals surface area (Å²) in [6.07, 6.45) is 0.325. The molecule has 4 rings (SSSR count). The molecule has 0 saturated heterocycles. The number of benzene rings is 4. The molecule has 4 aromatic rings. The molecule has 4 aromatic carbocycles. The number of nitrogens with one attached hydrogen (secondary N) is 1. The van der Waals surface area contributed by atoms with Crippen molar-refractivity contribution in [3.63, 3.8) is 0 Å². The van der Waals surface area contributed by atoms with Gasteiger partial charge in [-0.25, -0.2) is 16.8 Å². The molecule has 2 unspecified atom stereocenters. The predicted molar refractivity (Wildman–Crippen MR) is 157 cm³/mol. The quantitative estimate of drug-likeness (QED) is 0.235. The monoisotopic (exact) mass is 604 g/mol. The molecule has 0 fully saturated rings. The number of carbonyl (C=O) groups excluding carboxylic acids is 3. The van der Waals surface area contributed by atoms with Gasteiger partial charge in [0.2, 0.25) is 5.91 Å². The van der Waals surface area contributed by atoms with Crippen molar-refractivity contribution in [2.24, 2.45) is 5.73 Å². The molecule has 0 saturated carbocycles. The SMILES string of the molecule is NC(=O)c1ccc(S(=O)(=O)C(Cc2ccccc2)NC(=O)c2ccc(S(=O)(=O)C(C=O)Cc3ccccc3)cc2)cc1. The Bertz CT molecular complexity index is 1770. The molecular weight excluding hydrogens is 576 g/mol. The standard InChI is InChI=1S/C31H28N2O7S2/c32-30(35)24-11-15-27(16-12-24)42(39,40)29(20-23-9-5-2-6-10-23)33-31(36)25-13-17-26(18-14-25)41(37,38)28(21-34)19-22-7-3-1-4-8-22/h1-18,21,28-29H,19-20H2,(H2,32,35)(H,33,36). The van der Waals surface area contributed by atoms with E-state index >= 15 is 0 Å². The molecule has 0 aliphatic rings. The Labute approximate surface area is 244 Å². The number of nitrogens with two attached hydrogens (primary N) is 1. The fourth-order valence-electron chi connectivity index (χ4n) is 4.32. The highest BCUT2D eigenvalue weighted by Crippen LogP contribution is 2.22. The average molecular weight is 605 g/mol. The first-order valence-electron chi connectivity index (χ1n) is 12.8. The third kappa shape index (κ3) is 6.99. The van der Waals surface area contributed by atoms with Crippen LogP contribution in [0, 0.1) is 0 Å². The average Bonchev–Trinajstić information content (AvgIpc) is 3.00. The maximum absolute atomic E-state index is 13.6. The van der Waals surface area contributed by atoms with Crippen molar-refractivity contribution in [2.45, 2.75) is 33.3 Å². The van der Waals surface area contributed by atoms with Crippen LogP contribution in [0.2, 0.25) is 0 Å². The van der Waals surface area contributed by atoms with Crippen LogP contribution in [-0.2, 0) is 37.3 Å². The van der Waals surface area contributed by atoms with E-state index in [1.807, 2.05) is 0 Å². The molecule has 0 bridgehead atoms. The molecule has 2 amide bonds. The van der Waals surface area contributed by atoms with Crippen molar-refractivity contribution in [1.82, 2.24) is 5.32 Å². The number of sulfone groups is 2. The lowest BCUT2D eigenvalue weighted by atomic mass is 10.1. The number of amides is 2. The highest BCUT2D eigenvalue weighted by atomic mass is 32.2. The molecule has 0 radical (unpaired) electrons. The Hall–Kier alpha value is -4.61. The molecule has 216 valence electrons. The molecule has 42 heavy (non-hydrogen) atoms. The smallest absolute Gasteiger partial charge is 0.252 e. The maximum atomic E-state index is 13.6. The van der Waals surface area contributed by atoms with E-state index in [0.29, 0.717) is 17.4 Å². The summed E-state index contributed by atoms with van der Waals surface area (Å²) in [7, 11) is -8.19. The van der Waals surface area contributed by atoms with Crippen molar-refractivity contribution >= 4 is 37.8 Å². The van der Waals surface area contributed by atoms with Crippen LogP contribution in [0.25, 0.3) is 0 Å². The summed E-state index contributed by atoms with van der Waals surface area (Å²) >= 11 is 0. The minimum absolute atomic E-state index is 0.00560. The van der Waals surface area contributed by atoms with E-state index in [1.165, 1.54) is 48.5 Å². The molecule has 0 spiro atoms. The van der Waals surface area contributed by atoms with Gasteiger partial charge in [0.05, 0.1) is 9.79 Å². The molecule has 0 heterocycles. The summed E-state index contributed by atoms with van der Waals surface area (Å²) in [5, 5.41) is -0.148. The van der Waals surface area contributed by atoms with Crippen LogP contribution < -0.4 is 11.1 Å². The minimum Gasteiger partial charge on any atom is -0.366 e. The molecular formula is C31H28N2O7S2. The Balaban J connectivity index is 1.58. The number of aldehydes is 1. The van der Waals surface area contributed by atoms with Crippen LogP contribution >= 0.6 is 0 Å². The predicted octanol–water partition coefficient (Wildman–Crippen LogP) is 3.14. The van der Waals surface area contributed by atoms with Gasteiger partial charge in [0.15, 0.2) is 19.7 Å². The number of hydrogen-bond acceptors (Lipinski definition) is 7. The molecule has 9 nitrogen and oxygen atoms in total. The molecule has 11 heteroatoms. The zero-order valence-electron chi connectivity index (χ0n) is 22.3. The van der Waals surface area contributed by atoms with E-state index < -0.39 is 42.1 Å². The third-order valence-electron chi connectivity index (χ3n) is 6.67. The second-order valence-electron chi connectivity index (χ2n) is 9.52. The van der Waals surface area contributed by atoms with Gasteiger partial charge in [0.1, 0.15) is 16.9 Å². The van der Waals surface area contributed by atoms with Crippen molar-refractivity contribution in [1.29, 1.82) is 0 Å². The van der Waals surface area contributed by atoms with Gasteiger partial charge in [-0.1, -0.05) is 60.7 Å². The van der Waals surface area contributed by atoms with Gasteiger partial charge >= 0.3 is 0 Å². The first-order chi connectivity index (χ1) is 20.0. The van der Waals surface area contributed by atoms with Gasteiger partial charge in [0, 0.05) is 17.5 Å². The summed E-state index contributed by atoms with van der Waals surface area (Å²) in [4.78, 5) is 36.1. The minimum atomic E-state index is -4.14. The largest absolute Gasteiger partial charge is 0.366 e. The maximum Gasteiger partial charge on any atom is 0.252 e. The molecule has 3 N–H and O–H groups in total. The Morgan fingerprint density at radius 1 is 0.643 bits per heavy atom. The van der Waals surface area contributed by atoms with E-state index in [4.69, 9.17) is 5.73 Å². The topological polar surface area (TPSA) is 158 Å². The van der Waals surface area contributed by atoms with Gasteiger partial charge in [-0.15, -0.1) is 0 Å².